The Morgan fingerprint density at radius 3 is 2.72 bits per heavy atom. The molecule has 2 N–H and O–H groups in total. The number of nitrogens with one attached hydrogen (secondary N) is 1. The van der Waals surface area contributed by atoms with E-state index in [1.165, 1.54) is 0 Å². The van der Waals surface area contributed by atoms with Crippen LogP contribution in [0.15, 0.2) is 22.8 Å². The van der Waals surface area contributed by atoms with Crippen LogP contribution in [0.5, 0.6) is 0 Å². The van der Waals surface area contributed by atoms with Gasteiger partial charge in [-0.05, 0) is 38.3 Å². The number of hydrogen-bond donors (Lipinski definition) is 2. The molecule has 1 fully saturated rings. The molecule has 0 aromatic carbocycles. The van der Waals surface area contributed by atoms with Crippen LogP contribution in [0.4, 0.5) is 0 Å². The molecule has 1 aliphatic carbocycles. The first-order valence-electron chi connectivity index (χ1n) is 6.14. The second-order valence-electron chi connectivity index (χ2n) is 4.79. The van der Waals surface area contributed by atoms with E-state index >= 15 is 0 Å². The smallest absolute Gasteiger partial charge is 0.306 e. The summed E-state index contributed by atoms with van der Waals surface area (Å²) >= 11 is 0. The number of hydrogen-bond acceptors (Lipinski definition) is 3. The summed E-state index contributed by atoms with van der Waals surface area (Å²) < 4.78 is 5.21. The molecule has 0 saturated heterocycles. The molecule has 1 saturated carbocycles. The lowest BCUT2D eigenvalue weighted by Crippen LogP contribution is -2.31. The van der Waals surface area contributed by atoms with Crippen molar-refractivity contribution < 1.29 is 19.1 Å². The van der Waals surface area contributed by atoms with Gasteiger partial charge < -0.3 is 14.8 Å². The SMILES string of the molecule is C[C@H](NC(=O)[C@@H]1CC[C@H](C(=O)O)C1)c1ccco1. The quantitative estimate of drug-likeness (QED) is 0.857. The molecule has 0 bridgehead atoms. The molecule has 5 heteroatoms. The first-order chi connectivity index (χ1) is 8.58. The first-order valence-corrected chi connectivity index (χ1v) is 6.14. The van der Waals surface area contributed by atoms with Crippen molar-refractivity contribution in [1.82, 2.24) is 5.32 Å². The molecule has 0 radical (unpaired) electrons. The minimum Gasteiger partial charge on any atom is -0.481 e. The van der Waals surface area contributed by atoms with Gasteiger partial charge in [0.25, 0.3) is 0 Å². The van der Waals surface area contributed by atoms with Gasteiger partial charge in [-0.15, -0.1) is 0 Å². The van der Waals surface area contributed by atoms with Crippen LogP contribution in [0.25, 0.3) is 0 Å². The fourth-order valence-electron chi connectivity index (χ4n) is 2.38. The summed E-state index contributed by atoms with van der Waals surface area (Å²) in [6.45, 7) is 1.85. The fraction of sp³-hybridized carbons (Fsp3) is 0.538. The molecule has 0 spiro atoms. The van der Waals surface area contributed by atoms with Crippen molar-refractivity contribution in [2.45, 2.75) is 32.2 Å². The summed E-state index contributed by atoms with van der Waals surface area (Å²) in [5.74, 6) is -0.744. The van der Waals surface area contributed by atoms with Crippen LogP contribution < -0.4 is 5.32 Å². The molecule has 5 nitrogen and oxygen atoms in total. The zero-order valence-electron chi connectivity index (χ0n) is 10.3. The molecule has 0 unspecified atom stereocenters. The topological polar surface area (TPSA) is 79.5 Å². The van der Waals surface area contributed by atoms with Gasteiger partial charge in [0.1, 0.15) is 5.76 Å². The zero-order valence-corrected chi connectivity index (χ0v) is 10.3. The Morgan fingerprint density at radius 2 is 2.17 bits per heavy atom. The molecule has 1 aromatic heterocycles. The third kappa shape index (κ3) is 2.72. The fourth-order valence-corrected chi connectivity index (χ4v) is 2.38. The van der Waals surface area contributed by atoms with Crippen molar-refractivity contribution in [3.05, 3.63) is 24.2 Å². The van der Waals surface area contributed by atoms with Crippen molar-refractivity contribution in [3.8, 4) is 0 Å². The molecule has 3 atom stereocenters. The predicted molar refractivity (Wildman–Crippen MR) is 63.7 cm³/mol. The van der Waals surface area contributed by atoms with E-state index in [0.29, 0.717) is 25.0 Å². The standard InChI is InChI=1S/C13H17NO4/c1-8(11-3-2-6-18-11)14-12(15)9-4-5-10(7-9)13(16)17/h2-3,6,8-10H,4-5,7H2,1H3,(H,14,15)(H,16,17)/t8-,9+,10-/m0/s1. The second kappa shape index (κ2) is 5.25. The third-order valence-electron chi connectivity index (χ3n) is 3.48. The molecule has 1 amide bonds. The van der Waals surface area contributed by atoms with Gasteiger partial charge >= 0.3 is 5.97 Å². The molecule has 18 heavy (non-hydrogen) atoms. The van der Waals surface area contributed by atoms with Crippen LogP contribution in [0.3, 0.4) is 0 Å². The maximum absolute atomic E-state index is 12.0. The van der Waals surface area contributed by atoms with Crippen LogP contribution in [0, 0.1) is 11.8 Å². The van der Waals surface area contributed by atoms with Crippen LogP contribution >= 0.6 is 0 Å². The molecule has 0 aliphatic heterocycles. The number of carboxylic acid groups (broad SMARTS) is 1. The Balaban J connectivity index is 1.87. The number of carbonyl (C=O) groups excluding carboxylic acids is 1. The normalized spacial score (nSPS) is 24.7. The summed E-state index contributed by atoms with van der Waals surface area (Å²) in [4.78, 5) is 22.8. The first kappa shape index (κ1) is 12.7. The van der Waals surface area contributed by atoms with E-state index in [4.69, 9.17) is 9.52 Å². The lowest BCUT2D eigenvalue weighted by atomic mass is 10.0. The molecule has 1 heterocycles. The van der Waals surface area contributed by atoms with Crippen molar-refractivity contribution in [3.63, 3.8) is 0 Å². The monoisotopic (exact) mass is 251 g/mol. The summed E-state index contributed by atoms with van der Waals surface area (Å²) in [6.07, 6.45) is 3.23. The van der Waals surface area contributed by atoms with Gasteiger partial charge in [0.15, 0.2) is 0 Å². The van der Waals surface area contributed by atoms with Gasteiger partial charge in [0.2, 0.25) is 5.91 Å². The summed E-state index contributed by atoms with van der Waals surface area (Å²) in [5, 5.41) is 11.8. The highest BCUT2D eigenvalue weighted by Crippen LogP contribution is 2.31. The molecule has 2 rings (SSSR count). The highest BCUT2D eigenvalue weighted by atomic mass is 16.4. The second-order valence-corrected chi connectivity index (χ2v) is 4.79. The van der Waals surface area contributed by atoms with Gasteiger partial charge in [-0.3, -0.25) is 9.59 Å². The molecular weight excluding hydrogens is 234 g/mol. The third-order valence-corrected chi connectivity index (χ3v) is 3.48. The van der Waals surface area contributed by atoms with E-state index in [0.717, 1.165) is 0 Å². The Labute approximate surface area is 105 Å². The van der Waals surface area contributed by atoms with Gasteiger partial charge in [-0.2, -0.15) is 0 Å². The van der Waals surface area contributed by atoms with Crippen LogP contribution in [-0.4, -0.2) is 17.0 Å². The number of carboxylic acids is 1. The predicted octanol–water partition coefficient (Wildman–Crippen LogP) is 1.96. The molecule has 1 aliphatic rings. The maximum Gasteiger partial charge on any atom is 0.306 e. The average molecular weight is 251 g/mol. The van der Waals surface area contributed by atoms with E-state index in [1.54, 1.807) is 18.4 Å². The largest absolute Gasteiger partial charge is 0.481 e. The average Bonchev–Trinajstić information content (AvgIpc) is 3.00. The van der Waals surface area contributed by atoms with E-state index in [1.807, 2.05) is 6.92 Å². The molecular formula is C13H17NO4. The number of carbonyl (C=O) groups is 2. The van der Waals surface area contributed by atoms with E-state index in [9.17, 15) is 9.59 Å². The van der Waals surface area contributed by atoms with Crippen molar-refractivity contribution in [1.29, 1.82) is 0 Å². The van der Waals surface area contributed by atoms with E-state index < -0.39 is 5.97 Å². The molecule has 98 valence electrons. The summed E-state index contributed by atoms with van der Waals surface area (Å²) in [5.41, 5.74) is 0. The van der Waals surface area contributed by atoms with Crippen molar-refractivity contribution >= 4 is 11.9 Å². The van der Waals surface area contributed by atoms with Crippen LogP contribution in [-0.2, 0) is 9.59 Å². The maximum atomic E-state index is 12.0. The lowest BCUT2D eigenvalue weighted by molar-refractivity contribution is -0.141. The van der Waals surface area contributed by atoms with Crippen LogP contribution in [0.2, 0.25) is 0 Å². The zero-order chi connectivity index (χ0) is 13.1. The van der Waals surface area contributed by atoms with Gasteiger partial charge in [-0.1, -0.05) is 0 Å². The summed E-state index contributed by atoms with van der Waals surface area (Å²) in [6, 6.07) is 3.39. The summed E-state index contributed by atoms with van der Waals surface area (Å²) in [7, 11) is 0. The minimum absolute atomic E-state index is 0.0809. The van der Waals surface area contributed by atoms with Crippen LogP contribution in [0.1, 0.15) is 38.0 Å². The Bertz CT molecular complexity index is 426. The minimum atomic E-state index is -0.801. The lowest BCUT2D eigenvalue weighted by Gasteiger charge is -2.15. The Kier molecular flexibility index (Phi) is 3.69. The van der Waals surface area contributed by atoms with E-state index in [2.05, 4.69) is 5.32 Å². The van der Waals surface area contributed by atoms with Crippen molar-refractivity contribution in [2.75, 3.05) is 0 Å². The Hall–Kier alpha value is -1.78. The highest BCUT2D eigenvalue weighted by molar-refractivity contribution is 5.81. The number of aliphatic carboxylic acids is 1. The number of rotatable bonds is 4. The highest BCUT2D eigenvalue weighted by Gasteiger charge is 2.34. The van der Waals surface area contributed by atoms with Gasteiger partial charge in [0, 0.05) is 5.92 Å². The van der Waals surface area contributed by atoms with Gasteiger partial charge in [0.05, 0.1) is 18.2 Å². The van der Waals surface area contributed by atoms with E-state index in [-0.39, 0.29) is 23.8 Å². The number of amides is 1. The number of furan rings is 1. The molecule has 1 aromatic rings. The van der Waals surface area contributed by atoms with Gasteiger partial charge in [-0.25, -0.2) is 0 Å². The Morgan fingerprint density at radius 1 is 1.44 bits per heavy atom. The van der Waals surface area contributed by atoms with Crippen molar-refractivity contribution in [2.24, 2.45) is 11.8 Å².